The van der Waals surface area contributed by atoms with Crippen molar-refractivity contribution < 1.29 is 0 Å². The van der Waals surface area contributed by atoms with E-state index in [2.05, 4.69) is 5.92 Å². The molecule has 0 fully saturated rings. The number of rotatable bonds is 3. The molecule has 0 bridgehead atoms. The highest BCUT2D eigenvalue weighted by atomic mass is 32.1. The van der Waals surface area contributed by atoms with Gasteiger partial charge in [-0.15, -0.1) is 17.8 Å². The van der Waals surface area contributed by atoms with Gasteiger partial charge in [-0.05, 0) is 24.1 Å². The number of terminal acetylenes is 1. The smallest absolute Gasteiger partial charge is 0.287 e. The van der Waals surface area contributed by atoms with Crippen molar-refractivity contribution in [3.05, 3.63) is 67.2 Å². The molecule has 0 radical (unpaired) electrons. The summed E-state index contributed by atoms with van der Waals surface area (Å²) in [6.45, 7) is 1.88. The topological polar surface area (TPSA) is 44.0 Å². The Morgan fingerprint density at radius 2 is 1.92 bits per heavy atom. The highest BCUT2D eigenvalue weighted by Crippen LogP contribution is 2.29. The van der Waals surface area contributed by atoms with Crippen molar-refractivity contribution in [3.8, 4) is 12.3 Å². The first-order chi connectivity index (χ1) is 11.5. The van der Waals surface area contributed by atoms with Crippen molar-refractivity contribution in [2.24, 2.45) is 7.05 Å². The van der Waals surface area contributed by atoms with Crippen molar-refractivity contribution >= 4 is 33.7 Å². The predicted molar refractivity (Wildman–Crippen MR) is 100 cm³/mol. The third-order valence-corrected chi connectivity index (χ3v) is 5.26. The Bertz CT molecular complexity index is 1090. The summed E-state index contributed by atoms with van der Waals surface area (Å²) >= 11 is 1.44. The van der Waals surface area contributed by atoms with Crippen LogP contribution in [0.1, 0.15) is 16.0 Å². The first-order valence-electron chi connectivity index (χ1n) is 7.44. The Morgan fingerprint density at radius 3 is 2.58 bits per heavy atom. The lowest BCUT2D eigenvalue weighted by molar-refractivity contribution is 0.683. The fourth-order valence-electron chi connectivity index (χ4n) is 2.62. The van der Waals surface area contributed by atoms with Gasteiger partial charge in [0.05, 0.1) is 11.9 Å². The Morgan fingerprint density at radius 1 is 1.21 bits per heavy atom. The van der Waals surface area contributed by atoms with Gasteiger partial charge < -0.3 is 0 Å². The summed E-state index contributed by atoms with van der Waals surface area (Å²) in [6.07, 6.45) is 9.25. The molecule has 4 nitrogen and oxygen atoms in total. The Hall–Kier alpha value is -2.84. The maximum Gasteiger partial charge on any atom is 0.332 e. The van der Waals surface area contributed by atoms with Crippen LogP contribution in [0.3, 0.4) is 0 Å². The van der Waals surface area contributed by atoms with E-state index in [0.29, 0.717) is 10.2 Å². The van der Waals surface area contributed by atoms with Gasteiger partial charge in [-0.2, -0.15) is 0 Å². The van der Waals surface area contributed by atoms with E-state index in [1.54, 1.807) is 7.05 Å². The van der Waals surface area contributed by atoms with Gasteiger partial charge in [0.25, 0.3) is 5.56 Å². The lowest BCUT2D eigenvalue weighted by atomic mass is 10.1. The SMILES string of the molecule is C#CCn1c(=O)c2c(C)c(C=Cc3ccccc3)sc2n(C)c1=O. The second-order valence-corrected chi connectivity index (χ2v) is 6.48. The van der Waals surface area contributed by atoms with Crippen molar-refractivity contribution in [2.45, 2.75) is 13.5 Å². The Labute approximate surface area is 143 Å². The summed E-state index contributed by atoms with van der Waals surface area (Å²) < 4.78 is 2.60. The van der Waals surface area contributed by atoms with Crippen LogP contribution in [-0.2, 0) is 13.6 Å². The van der Waals surface area contributed by atoms with Gasteiger partial charge in [-0.25, -0.2) is 9.36 Å². The minimum atomic E-state index is -0.384. The molecule has 3 rings (SSSR count). The predicted octanol–water partition coefficient (Wildman–Crippen LogP) is 2.87. The van der Waals surface area contributed by atoms with Gasteiger partial charge >= 0.3 is 5.69 Å². The summed E-state index contributed by atoms with van der Waals surface area (Å²) in [6, 6.07) is 9.93. The fraction of sp³-hybridized carbons (Fsp3) is 0.158. The number of aromatic nitrogens is 2. The highest BCUT2D eigenvalue weighted by molar-refractivity contribution is 7.19. The summed E-state index contributed by atoms with van der Waals surface area (Å²) in [4.78, 5) is 26.6. The van der Waals surface area contributed by atoms with E-state index in [1.165, 1.54) is 15.9 Å². The Kier molecular flexibility index (Phi) is 4.24. The van der Waals surface area contributed by atoms with E-state index >= 15 is 0 Å². The molecule has 2 aromatic heterocycles. The number of nitrogens with zero attached hydrogens (tertiary/aromatic N) is 2. The summed E-state index contributed by atoms with van der Waals surface area (Å²) in [5.74, 6) is 2.37. The number of hydrogen-bond donors (Lipinski definition) is 0. The van der Waals surface area contributed by atoms with Crippen LogP contribution in [0.2, 0.25) is 0 Å². The maximum atomic E-state index is 12.6. The van der Waals surface area contributed by atoms with Crippen LogP contribution < -0.4 is 11.2 Å². The molecular weight excluding hydrogens is 320 g/mol. The van der Waals surface area contributed by atoms with E-state index in [4.69, 9.17) is 6.42 Å². The first kappa shape index (κ1) is 16.0. The molecule has 0 aliphatic rings. The van der Waals surface area contributed by atoms with Crippen molar-refractivity contribution in [1.82, 2.24) is 9.13 Å². The molecule has 0 N–H and O–H groups in total. The van der Waals surface area contributed by atoms with Gasteiger partial charge in [0.15, 0.2) is 0 Å². The Balaban J connectivity index is 2.22. The number of fused-ring (bicyclic) bond motifs is 1. The van der Waals surface area contributed by atoms with Crippen LogP contribution in [-0.4, -0.2) is 9.13 Å². The molecule has 3 aromatic rings. The van der Waals surface area contributed by atoms with Crippen LogP contribution in [0, 0.1) is 19.3 Å². The van der Waals surface area contributed by atoms with Crippen LogP contribution in [0.4, 0.5) is 0 Å². The first-order valence-corrected chi connectivity index (χ1v) is 8.25. The molecule has 2 heterocycles. The number of thiophene rings is 1. The quantitative estimate of drug-likeness (QED) is 0.690. The van der Waals surface area contributed by atoms with Crippen molar-refractivity contribution in [3.63, 3.8) is 0 Å². The molecule has 5 heteroatoms. The molecule has 0 atom stereocenters. The minimum absolute atomic E-state index is 0.0219. The zero-order valence-corrected chi connectivity index (χ0v) is 14.3. The van der Waals surface area contributed by atoms with E-state index in [1.807, 2.05) is 49.4 Å². The van der Waals surface area contributed by atoms with E-state index < -0.39 is 0 Å². The standard InChI is InChI=1S/C19H16N2O2S/c1-4-12-21-17(22)16-13(2)15(24-18(16)20(3)19(21)23)11-10-14-8-6-5-7-9-14/h1,5-11H,12H2,2-3H3. The van der Waals surface area contributed by atoms with Crippen LogP contribution in [0.5, 0.6) is 0 Å². The number of hydrogen-bond acceptors (Lipinski definition) is 3. The second kappa shape index (κ2) is 6.34. The van der Waals surface area contributed by atoms with Gasteiger partial charge in [0, 0.05) is 11.9 Å². The van der Waals surface area contributed by atoms with Crippen LogP contribution >= 0.6 is 11.3 Å². The second-order valence-electron chi connectivity index (χ2n) is 5.45. The lowest BCUT2D eigenvalue weighted by Gasteiger charge is -2.05. The molecule has 1 aromatic carbocycles. The van der Waals surface area contributed by atoms with E-state index in [0.717, 1.165) is 20.6 Å². The highest BCUT2D eigenvalue weighted by Gasteiger charge is 2.16. The fourth-order valence-corrected chi connectivity index (χ4v) is 3.78. The minimum Gasteiger partial charge on any atom is -0.287 e. The molecule has 0 aliphatic carbocycles. The molecule has 0 aliphatic heterocycles. The largest absolute Gasteiger partial charge is 0.332 e. The number of aryl methyl sites for hydroxylation is 2. The molecule has 0 saturated carbocycles. The normalized spacial score (nSPS) is 11.2. The van der Waals surface area contributed by atoms with Crippen molar-refractivity contribution in [2.75, 3.05) is 0 Å². The summed E-state index contributed by atoms with van der Waals surface area (Å²) in [5.41, 5.74) is 1.24. The van der Waals surface area contributed by atoms with Gasteiger partial charge in [0.1, 0.15) is 4.83 Å². The zero-order valence-electron chi connectivity index (χ0n) is 13.4. The summed E-state index contributed by atoms with van der Waals surface area (Å²) in [7, 11) is 1.66. The molecule has 120 valence electrons. The zero-order chi connectivity index (χ0) is 17.3. The molecule has 24 heavy (non-hydrogen) atoms. The maximum absolute atomic E-state index is 12.6. The van der Waals surface area contributed by atoms with Crippen LogP contribution in [0.15, 0.2) is 39.9 Å². The molecule has 0 spiro atoms. The number of benzene rings is 1. The molecule has 0 amide bonds. The summed E-state index contributed by atoms with van der Waals surface area (Å²) in [5, 5.41) is 0.560. The third kappa shape index (κ3) is 2.61. The monoisotopic (exact) mass is 336 g/mol. The molecule has 0 unspecified atom stereocenters. The lowest BCUT2D eigenvalue weighted by Crippen LogP contribution is -2.38. The molecular formula is C19H16N2O2S. The van der Waals surface area contributed by atoms with E-state index in [9.17, 15) is 9.59 Å². The van der Waals surface area contributed by atoms with E-state index in [-0.39, 0.29) is 17.8 Å². The average Bonchev–Trinajstić information content (AvgIpc) is 2.93. The molecule has 0 saturated heterocycles. The van der Waals surface area contributed by atoms with Crippen LogP contribution in [0.25, 0.3) is 22.4 Å². The van der Waals surface area contributed by atoms with Crippen molar-refractivity contribution in [1.29, 1.82) is 0 Å². The van der Waals surface area contributed by atoms with Gasteiger partial charge in [0.2, 0.25) is 0 Å². The van der Waals surface area contributed by atoms with Gasteiger partial charge in [-0.1, -0.05) is 42.3 Å². The van der Waals surface area contributed by atoms with Gasteiger partial charge in [-0.3, -0.25) is 9.36 Å². The average molecular weight is 336 g/mol. The third-order valence-electron chi connectivity index (χ3n) is 3.92.